The third-order valence-electron chi connectivity index (χ3n) is 0.283. The van der Waals surface area contributed by atoms with Gasteiger partial charge >= 0.3 is 0 Å². The largest absolute Gasteiger partial charge is 0.267 e. The number of nitrogens with one attached hydrogen (secondary N) is 1. The molecule has 0 aliphatic rings. The third kappa shape index (κ3) is 4.54. The van der Waals surface area contributed by atoms with E-state index in [1.807, 2.05) is 0 Å². The molecule has 0 amide bonds. The Hall–Kier alpha value is -1.46. The van der Waals surface area contributed by atoms with Gasteiger partial charge in [-0.2, -0.15) is 0 Å². The first-order valence-electron chi connectivity index (χ1n) is 1.62. The molecular weight excluding hydrogens is 114 g/mol. The summed E-state index contributed by atoms with van der Waals surface area (Å²) in [5.41, 5.74) is 0. The van der Waals surface area contributed by atoms with Crippen LogP contribution in [-0.2, 0) is 0 Å². The van der Waals surface area contributed by atoms with Gasteiger partial charge in [-0.25, -0.2) is 4.63 Å². The summed E-state index contributed by atoms with van der Waals surface area (Å²) in [6, 6.07) is 0. The molecule has 1 aromatic heterocycles. The van der Waals surface area contributed by atoms with Gasteiger partial charge in [0, 0.05) is 5.34 Å². The molecule has 6 nitrogen and oxygen atoms in total. The van der Waals surface area contributed by atoms with Crippen LogP contribution >= 0.6 is 0 Å². The number of nitrogens with zero attached hydrogens (tertiary/aromatic N) is 2. The lowest BCUT2D eigenvalue weighted by atomic mass is 11.0. The van der Waals surface area contributed by atoms with Gasteiger partial charge in [-0.15, -0.1) is 0 Å². The lowest BCUT2D eigenvalue weighted by molar-refractivity contribution is -0.398. The third-order valence-corrected chi connectivity index (χ3v) is 0.283. The minimum absolute atomic E-state index is 0.250. The molecule has 0 bridgehead atoms. The zero-order valence-corrected chi connectivity index (χ0v) is 3.77. The average molecular weight is 117 g/mol. The van der Waals surface area contributed by atoms with Crippen LogP contribution < -0.4 is 5.34 Å². The zero-order chi connectivity index (χ0) is 6.24. The maximum Gasteiger partial charge on any atom is 0.0913 e. The smallest absolute Gasteiger partial charge is 0.0913 e. The summed E-state index contributed by atoms with van der Waals surface area (Å²) in [7, 11) is 0. The minimum Gasteiger partial charge on any atom is -0.267 e. The van der Waals surface area contributed by atoms with Crippen molar-refractivity contribution in [2.24, 2.45) is 0 Å². The molecular formula is C2H3N3O3. The van der Waals surface area contributed by atoms with Crippen molar-refractivity contribution in [1.82, 2.24) is 10.3 Å². The van der Waals surface area contributed by atoms with E-state index in [0.717, 1.165) is 0 Å². The van der Waals surface area contributed by atoms with Gasteiger partial charge in [-0.05, 0) is 0 Å². The molecule has 0 unspecified atom stereocenters. The van der Waals surface area contributed by atoms with Gasteiger partial charge in [0.05, 0.1) is 12.4 Å². The van der Waals surface area contributed by atoms with Crippen LogP contribution in [0.5, 0.6) is 0 Å². The molecule has 8 heavy (non-hydrogen) atoms. The number of rotatable bonds is 0. The van der Waals surface area contributed by atoms with Crippen LogP contribution in [0.4, 0.5) is 0 Å². The van der Waals surface area contributed by atoms with Gasteiger partial charge < -0.3 is 0 Å². The van der Waals surface area contributed by atoms with Crippen molar-refractivity contribution < 1.29 is 9.97 Å². The first-order chi connectivity index (χ1) is 3.91. The SMILES string of the molecule is O=[NH+][O-].c1cnon1. The van der Waals surface area contributed by atoms with Crippen LogP contribution in [0.3, 0.4) is 0 Å². The Morgan fingerprint density at radius 3 is 2.00 bits per heavy atom. The summed E-state index contributed by atoms with van der Waals surface area (Å²) in [5.74, 6) is 0. The van der Waals surface area contributed by atoms with Gasteiger partial charge in [-0.3, -0.25) is 10.1 Å². The highest BCUT2D eigenvalue weighted by molar-refractivity contribution is 4.51. The highest BCUT2D eigenvalue weighted by Crippen LogP contribution is 1.62. The Morgan fingerprint density at radius 2 is 1.88 bits per heavy atom. The predicted molar refractivity (Wildman–Crippen MR) is 22.0 cm³/mol. The van der Waals surface area contributed by atoms with E-state index < -0.39 is 0 Å². The lowest BCUT2D eigenvalue weighted by Crippen LogP contribution is -2.53. The van der Waals surface area contributed by atoms with Crippen molar-refractivity contribution in [2.45, 2.75) is 0 Å². The fourth-order valence-corrected chi connectivity index (χ4v) is 0.136. The summed E-state index contributed by atoms with van der Waals surface area (Å²) in [6.07, 6.45) is 2.94. The fourth-order valence-electron chi connectivity index (χ4n) is 0.136. The van der Waals surface area contributed by atoms with Crippen LogP contribution in [0.15, 0.2) is 17.0 Å². The monoisotopic (exact) mass is 117 g/mol. The molecule has 0 aromatic carbocycles. The van der Waals surface area contributed by atoms with E-state index >= 15 is 0 Å². The van der Waals surface area contributed by atoms with E-state index in [4.69, 9.17) is 10.1 Å². The van der Waals surface area contributed by atoms with Gasteiger partial charge in [0.2, 0.25) is 0 Å². The van der Waals surface area contributed by atoms with Crippen LogP contribution in [-0.4, -0.2) is 10.3 Å². The van der Waals surface area contributed by atoms with Crippen LogP contribution in [0.25, 0.3) is 0 Å². The van der Waals surface area contributed by atoms with E-state index in [2.05, 4.69) is 14.9 Å². The first-order valence-corrected chi connectivity index (χ1v) is 1.62. The standard InChI is InChI=1S/C2H2N2O.HNO2/c1-2-4-5-3-1;2-1-3/h1-2H;1H. The van der Waals surface area contributed by atoms with Gasteiger partial charge in [0.1, 0.15) is 0 Å². The van der Waals surface area contributed by atoms with Gasteiger partial charge in [0.15, 0.2) is 0 Å². The second-order valence-electron chi connectivity index (χ2n) is 0.674. The highest BCUT2D eigenvalue weighted by Gasteiger charge is 1.61. The summed E-state index contributed by atoms with van der Waals surface area (Å²) in [4.78, 5) is 8.12. The van der Waals surface area contributed by atoms with E-state index in [1.165, 1.54) is 12.4 Å². The van der Waals surface area contributed by atoms with E-state index in [0.29, 0.717) is 0 Å². The zero-order valence-electron chi connectivity index (χ0n) is 3.77. The highest BCUT2D eigenvalue weighted by atomic mass is 16.6. The second-order valence-corrected chi connectivity index (χ2v) is 0.674. The molecule has 0 saturated heterocycles. The molecule has 0 radical (unpaired) electrons. The summed E-state index contributed by atoms with van der Waals surface area (Å²) in [5, 5.41) is 14.8. The molecule has 6 heteroatoms. The molecule has 0 spiro atoms. The first kappa shape index (κ1) is 6.54. The van der Waals surface area contributed by atoms with E-state index in [-0.39, 0.29) is 5.34 Å². The summed E-state index contributed by atoms with van der Waals surface area (Å²) >= 11 is 0. The molecule has 0 saturated carbocycles. The Kier molecular flexibility index (Phi) is 4.53. The number of hydrogen-bond acceptors (Lipinski definition) is 5. The molecule has 44 valence electrons. The molecule has 0 aliphatic heterocycles. The Morgan fingerprint density at radius 1 is 1.50 bits per heavy atom. The minimum atomic E-state index is 0.250. The predicted octanol–water partition coefficient (Wildman–Crippen LogP) is -1.60. The number of hydrogen-bond donors (Lipinski definition) is 1. The molecule has 1 N–H and O–H groups in total. The molecule has 1 aromatic rings. The fraction of sp³-hybridized carbons (Fsp3) is 0. The molecule has 1 rings (SSSR count). The van der Waals surface area contributed by atoms with E-state index in [1.54, 1.807) is 0 Å². The van der Waals surface area contributed by atoms with Crippen LogP contribution in [0, 0.1) is 10.1 Å². The topological polar surface area (TPSA) is 93.0 Å². The Balaban J connectivity index is 0.000000145. The summed E-state index contributed by atoms with van der Waals surface area (Å²) < 4.78 is 4.08. The Labute approximate surface area is 44.0 Å². The molecule has 0 atom stereocenters. The molecule has 0 aliphatic carbocycles. The van der Waals surface area contributed by atoms with Crippen LogP contribution in [0.1, 0.15) is 0 Å². The van der Waals surface area contributed by atoms with E-state index in [9.17, 15) is 0 Å². The van der Waals surface area contributed by atoms with Crippen molar-refractivity contribution >= 4 is 0 Å². The van der Waals surface area contributed by atoms with Crippen molar-refractivity contribution in [2.75, 3.05) is 0 Å². The van der Waals surface area contributed by atoms with Gasteiger partial charge in [-0.1, -0.05) is 10.3 Å². The maximum absolute atomic E-state index is 8.12. The summed E-state index contributed by atoms with van der Waals surface area (Å²) in [6.45, 7) is 0. The number of aromatic nitrogens is 2. The quantitative estimate of drug-likeness (QED) is 0.326. The van der Waals surface area contributed by atoms with Crippen molar-refractivity contribution in [3.05, 3.63) is 22.5 Å². The maximum atomic E-state index is 8.12. The van der Waals surface area contributed by atoms with Crippen molar-refractivity contribution in [3.8, 4) is 0 Å². The van der Waals surface area contributed by atoms with Gasteiger partial charge in [0.25, 0.3) is 0 Å². The van der Waals surface area contributed by atoms with Crippen molar-refractivity contribution in [1.29, 1.82) is 0 Å². The second kappa shape index (κ2) is 5.54. The molecule has 1 heterocycles. The normalized spacial score (nSPS) is 6.50. The average Bonchev–Trinajstić information content (AvgIpc) is 2.17. The van der Waals surface area contributed by atoms with Crippen molar-refractivity contribution in [3.63, 3.8) is 0 Å². The van der Waals surface area contributed by atoms with Crippen LogP contribution in [0.2, 0.25) is 0 Å². The molecule has 0 fully saturated rings. The lowest BCUT2D eigenvalue weighted by Gasteiger charge is -1.45. The Bertz CT molecular complexity index is 98.9.